The monoisotopic (exact) mass is 317 g/mol. The van der Waals surface area contributed by atoms with Gasteiger partial charge in [-0.2, -0.15) is 0 Å². The Hall–Kier alpha value is -0.810. The third-order valence-electron chi connectivity index (χ3n) is 3.41. The average Bonchev–Trinajstić information content (AvgIpc) is 2.40. The lowest BCUT2D eigenvalue weighted by Crippen LogP contribution is -2.50. The molecule has 1 aromatic rings. The second-order valence-electron chi connectivity index (χ2n) is 4.87. The Labute approximate surface area is 131 Å². The van der Waals surface area contributed by atoms with E-state index in [2.05, 4.69) is 22.5 Å². The summed E-state index contributed by atoms with van der Waals surface area (Å²) in [6.45, 7) is 5.96. The first-order valence-electron chi connectivity index (χ1n) is 6.66. The molecule has 2 rings (SSSR count). The molecule has 1 aromatic carbocycles. The number of hydrogen-bond acceptors (Lipinski definition) is 3. The van der Waals surface area contributed by atoms with Crippen molar-refractivity contribution in [3.8, 4) is 0 Å². The first-order chi connectivity index (χ1) is 9.16. The molecule has 1 heterocycles. The van der Waals surface area contributed by atoms with Crippen molar-refractivity contribution in [3.05, 3.63) is 29.3 Å². The number of nitrogens with one attached hydrogen (secondary N) is 2. The Morgan fingerprint density at radius 2 is 2.25 bits per heavy atom. The minimum atomic E-state index is 0. The van der Waals surface area contributed by atoms with Crippen LogP contribution in [0.3, 0.4) is 0 Å². The van der Waals surface area contributed by atoms with Gasteiger partial charge in [0.05, 0.1) is 10.7 Å². The van der Waals surface area contributed by atoms with Crippen LogP contribution in [0.15, 0.2) is 24.3 Å². The second kappa shape index (κ2) is 8.47. The fourth-order valence-corrected chi connectivity index (χ4v) is 2.42. The number of rotatable bonds is 4. The van der Waals surface area contributed by atoms with Gasteiger partial charge in [0.25, 0.3) is 0 Å². The number of para-hydroxylation sites is 1. The Morgan fingerprint density at radius 3 is 2.95 bits per heavy atom. The predicted octanol–water partition coefficient (Wildman–Crippen LogP) is 2.38. The van der Waals surface area contributed by atoms with E-state index in [4.69, 9.17) is 11.6 Å². The fourth-order valence-electron chi connectivity index (χ4n) is 2.24. The number of anilines is 1. The van der Waals surface area contributed by atoms with Gasteiger partial charge in [-0.3, -0.25) is 9.69 Å². The van der Waals surface area contributed by atoms with Crippen LogP contribution >= 0.6 is 24.0 Å². The second-order valence-corrected chi connectivity index (χ2v) is 5.27. The minimum absolute atomic E-state index is 0. The summed E-state index contributed by atoms with van der Waals surface area (Å²) in [6.07, 6.45) is 0.496. The number of nitrogens with zero attached hydrogens (tertiary/aromatic N) is 1. The molecule has 4 nitrogen and oxygen atoms in total. The van der Waals surface area contributed by atoms with Gasteiger partial charge in [0.1, 0.15) is 0 Å². The normalized spacial score (nSPS) is 19.2. The topological polar surface area (TPSA) is 44.4 Å². The third-order valence-corrected chi connectivity index (χ3v) is 3.74. The zero-order chi connectivity index (χ0) is 13.7. The van der Waals surface area contributed by atoms with Gasteiger partial charge < -0.3 is 10.6 Å². The van der Waals surface area contributed by atoms with E-state index >= 15 is 0 Å². The van der Waals surface area contributed by atoms with Crippen LogP contribution in [0, 0.1) is 0 Å². The molecule has 0 aliphatic carbocycles. The van der Waals surface area contributed by atoms with E-state index in [1.54, 1.807) is 6.07 Å². The quantitative estimate of drug-likeness (QED) is 0.896. The van der Waals surface area contributed by atoms with Crippen LogP contribution in [0.4, 0.5) is 5.69 Å². The fraction of sp³-hybridized carbons (Fsp3) is 0.500. The van der Waals surface area contributed by atoms with E-state index in [1.165, 1.54) is 0 Å². The molecule has 0 spiro atoms. The van der Waals surface area contributed by atoms with Gasteiger partial charge in [-0.15, -0.1) is 12.4 Å². The maximum Gasteiger partial charge on any atom is 0.225 e. The van der Waals surface area contributed by atoms with Crippen LogP contribution in [-0.2, 0) is 4.79 Å². The maximum absolute atomic E-state index is 11.9. The summed E-state index contributed by atoms with van der Waals surface area (Å²) in [5.41, 5.74) is 0.683. The van der Waals surface area contributed by atoms with Crippen molar-refractivity contribution in [1.29, 1.82) is 0 Å². The molecule has 1 saturated heterocycles. The highest BCUT2D eigenvalue weighted by atomic mass is 35.5. The van der Waals surface area contributed by atoms with E-state index in [0.717, 1.165) is 26.2 Å². The third kappa shape index (κ3) is 4.94. The Bertz CT molecular complexity index is 442. The first-order valence-corrected chi connectivity index (χ1v) is 7.04. The summed E-state index contributed by atoms with van der Waals surface area (Å²) < 4.78 is 0. The van der Waals surface area contributed by atoms with Crippen molar-refractivity contribution in [2.75, 3.05) is 31.5 Å². The van der Waals surface area contributed by atoms with Gasteiger partial charge in [-0.05, 0) is 19.1 Å². The van der Waals surface area contributed by atoms with E-state index in [-0.39, 0.29) is 18.3 Å². The van der Waals surface area contributed by atoms with Gasteiger partial charge in [0, 0.05) is 38.6 Å². The number of carbonyl (C=O) groups excluding carboxylic acids is 1. The molecule has 0 saturated carbocycles. The Kier molecular flexibility index (Phi) is 7.30. The highest BCUT2D eigenvalue weighted by Crippen LogP contribution is 2.20. The van der Waals surface area contributed by atoms with Crippen molar-refractivity contribution in [2.24, 2.45) is 0 Å². The number of halogens is 2. The average molecular weight is 318 g/mol. The summed E-state index contributed by atoms with van der Waals surface area (Å²) in [7, 11) is 0. The largest absolute Gasteiger partial charge is 0.325 e. The molecule has 1 atom stereocenters. The molecule has 1 aliphatic heterocycles. The van der Waals surface area contributed by atoms with Crippen molar-refractivity contribution in [3.63, 3.8) is 0 Å². The van der Waals surface area contributed by atoms with E-state index in [0.29, 0.717) is 23.2 Å². The van der Waals surface area contributed by atoms with Crippen molar-refractivity contribution in [1.82, 2.24) is 10.2 Å². The van der Waals surface area contributed by atoms with Gasteiger partial charge in [-0.1, -0.05) is 23.7 Å². The standard InChI is InChI=1S/C14H20ClN3O.ClH/c1-11-10-16-7-9-18(11)8-6-14(19)17-13-5-3-2-4-12(13)15;/h2-5,11,16H,6-10H2,1H3,(H,17,19);1H. The van der Waals surface area contributed by atoms with Crippen LogP contribution in [0.2, 0.25) is 5.02 Å². The van der Waals surface area contributed by atoms with E-state index < -0.39 is 0 Å². The number of hydrogen-bond donors (Lipinski definition) is 2. The van der Waals surface area contributed by atoms with Crippen molar-refractivity contribution < 1.29 is 4.79 Å². The molecule has 1 amide bonds. The molecule has 2 N–H and O–H groups in total. The Balaban J connectivity index is 0.00000200. The van der Waals surface area contributed by atoms with Gasteiger partial charge in [0.2, 0.25) is 5.91 Å². The summed E-state index contributed by atoms with van der Waals surface area (Å²) >= 11 is 6.01. The lowest BCUT2D eigenvalue weighted by Gasteiger charge is -2.33. The molecule has 1 unspecified atom stereocenters. The molecule has 6 heteroatoms. The SMILES string of the molecule is CC1CNCCN1CCC(=O)Nc1ccccc1Cl.Cl. The number of piperazine rings is 1. The lowest BCUT2D eigenvalue weighted by atomic mass is 10.2. The maximum atomic E-state index is 11.9. The van der Waals surface area contributed by atoms with Crippen LogP contribution in [0.25, 0.3) is 0 Å². The van der Waals surface area contributed by atoms with Crippen molar-refractivity contribution in [2.45, 2.75) is 19.4 Å². The number of amides is 1. The molecule has 112 valence electrons. The van der Waals surface area contributed by atoms with E-state index in [1.807, 2.05) is 18.2 Å². The number of benzene rings is 1. The molecule has 1 aliphatic rings. The van der Waals surface area contributed by atoms with Crippen LogP contribution < -0.4 is 10.6 Å². The molecular weight excluding hydrogens is 297 g/mol. The summed E-state index contributed by atoms with van der Waals surface area (Å²) in [6, 6.07) is 7.78. The Morgan fingerprint density at radius 1 is 1.50 bits per heavy atom. The highest BCUT2D eigenvalue weighted by Gasteiger charge is 2.18. The molecule has 20 heavy (non-hydrogen) atoms. The number of carbonyl (C=O) groups is 1. The van der Waals surface area contributed by atoms with Gasteiger partial charge in [-0.25, -0.2) is 0 Å². The molecule has 0 aromatic heterocycles. The summed E-state index contributed by atoms with van der Waals surface area (Å²) in [5, 5.41) is 6.77. The summed E-state index contributed by atoms with van der Waals surface area (Å²) in [5.74, 6) is 0.0128. The first kappa shape index (κ1) is 17.2. The van der Waals surface area contributed by atoms with Crippen LogP contribution in [-0.4, -0.2) is 43.0 Å². The van der Waals surface area contributed by atoms with Crippen LogP contribution in [0.5, 0.6) is 0 Å². The zero-order valence-corrected chi connectivity index (χ0v) is 13.1. The predicted molar refractivity (Wildman–Crippen MR) is 85.9 cm³/mol. The summed E-state index contributed by atoms with van der Waals surface area (Å²) in [4.78, 5) is 14.2. The highest BCUT2D eigenvalue weighted by molar-refractivity contribution is 6.33. The van der Waals surface area contributed by atoms with Crippen molar-refractivity contribution >= 4 is 35.6 Å². The molecule has 0 radical (unpaired) electrons. The smallest absolute Gasteiger partial charge is 0.225 e. The van der Waals surface area contributed by atoms with E-state index in [9.17, 15) is 4.79 Å². The van der Waals surface area contributed by atoms with Gasteiger partial charge >= 0.3 is 0 Å². The van der Waals surface area contributed by atoms with Crippen LogP contribution in [0.1, 0.15) is 13.3 Å². The minimum Gasteiger partial charge on any atom is -0.325 e. The molecule has 0 bridgehead atoms. The van der Waals surface area contributed by atoms with Gasteiger partial charge in [0.15, 0.2) is 0 Å². The zero-order valence-electron chi connectivity index (χ0n) is 11.6. The lowest BCUT2D eigenvalue weighted by molar-refractivity contribution is -0.116. The molecule has 1 fully saturated rings. The molecular formula is C14H21Cl2N3O.